The van der Waals surface area contributed by atoms with Crippen molar-refractivity contribution in [1.82, 2.24) is 4.90 Å². The molecule has 1 aromatic carbocycles. The molecular formula is C15H22N2O2. The average molecular weight is 262 g/mol. The normalized spacial score (nSPS) is 11.2. The minimum absolute atomic E-state index is 0.0190. The predicted molar refractivity (Wildman–Crippen MR) is 78.6 cm³/mol. The maximum Gasteiger partial charge on any atom is 0.246 e. The van der Waals surface area contributed by atoms with Crippen LogP contribution in [0.5, 0.6) is 0 Å². The highest BCUT2D eigenvalue weighted by Crippen LogP contribution is 2.09. The molecule has 104 valence electrons. The van der Waals surface area contributed by atoms with Gasteiger partial charge < -0.3 is 15.4 Å². The Hall–Kier alpha value is -1.81. The Morgan fingerprint density at radius 3 is 2.79 bits per heavy atom. The van der Waals surface area contributed by atoms with Crippen LogP contribution in [0.2, 0.25) is 0 Å². The third kappa shape index (κ3) is 5.14. The molecule has 0 saturated heterocycles. The Labute approximate surface area is 114 Å². The number of ether oxygens (including phenoxy) is 1. The second kappa shape index (κ2) is 7.59. The zero-order valence-electron chi connectivity index (χ0n) is 11.8. The number of benzene rings is 1. The molecule has 1 aromatic rings. The Bertz CT molecular complexity index is 442. The molecule has 0 radical (unpaired) electrons. The number of amides is 1. The summed E-state index contributed by atoms with van der Waals surface area (Å²) in [4.78, 5) is 13.9. The summed E-state index contributed by atoms with van der Waals surface area (Å²) in [5.41, 5.74) is 7.30. The fraction of sp³-hybridized carbons (Fsp3) is 0.400. The number of rotatable bonds is 6. The van der Waals surface area contributed by atoms with Crippen LogP contribution in [-0.2, 0) is 9.53 Å². The topological polar surface area (TPSA) is 55.6 Å². The number of nitrogens with zero attached hydrogens (tertiary/aromatic N) is 1. The summed E-state index contributed by atoms with van der Waals surface area (Å²) in [6, 6.07) is 7.57. The number of carbonyl (C=O) groups excluding carboxylic acids is 1. The average Bonchev–Trinajstić information content (AvgIpc) is 2.36. The van der Waals surface area contributed by atoms with E-state index in [0.29, 0.717) is 18.8 Å². The summed E-state index contributed by atoms with van der Waals surface area (Å²) >= 11 is 0. The van der Waals surface area contributed by atoms with Gasteiger partial charge in [-0.2, -0.15) is 0 Å². The van der Waals surface area contributed by atoms with Crippen LogP contribution in [0.15, 0.2) is 30.3 Å². The zero-order valence-corrected chi connectivity index (χ0v) is 11.8. The molecule has 0 saturated carbocycles. The van der Waals surface area contributed by atoms with E-state index in [0.717, 1.165) is 5.56 Å². The molecule has 0 aliphatic carbocycles. The highest BCUT2D eigenvalue weighted by Gasteiger charge is 2.13. The number of nitrogen functional groups attached to an aromatic ring is 1. The Balaban J connectivity index is 2.70. The summed E-state index contributed by atoms with van der Waals surface area (Å²) < 4.78 is 5.02. The van der Waals surface area contributed by atoms with Crippen LogP contribution in [0.25, 0.3) is 6.08 Å². The second-order valence-electron chi connectivity index (χ2n) is 4.62. The molecule has 0 fully saturated rings. The van der Waals surface area contributed by atoms with Gasteiger partial charge >= 0.3 is 0 Å². The lowest BCUT2D eigenvalue weighted by molar-refractivity contribution is -0.128. The van der Waals surface area contributed by atoms with Gasteiger partial charge in [0, 0.05) is 31.5 Å². The zero-order chi connectivity index (χ0) is 14.3. The van der Waals surface area contributed by atoms with Gasteiger partial charge in [0.25, 0.3) is 0 Å². The number of hydrogen-bond donors (Lipinski definition) is 1. The number of hydrogen-bond acceptors (Lipinski definition) is 3. The molecular weight excluding hydrogens is 240 g/mol. The summed E-state index contributed by atoms with van der Waals surface area (Å²) in [5.74, 6) is -0.0190. The molecule has 1 rings (SSSR count). The molecule has 0 heterocycles. The van der Waals surface area contributed by atoms with Crippen LogP contribution >= 0.6 is 0 Å². The molecule has 2 N–H and O–H groups in total. The molecule has 0 aliphatic rings. The van der Waals surface area contributed by atoms with E-state index in [4.69, 9.17) is 10.5 Å². The first-order valence-electron chi connectivity index (χ1n) is 6.37. The van der Waals surface area contributed by atoms with Crippen molar-refractivity contribution >= 4 is 17.7 Å². The summed E-state index contributed by atoms with van der Waals surface area (Å²) in [6.45, 7) is 5.11. The van der Waals surface area contributed by atoms with E-state index in [1.807, 2.05) is 38.1 Å². The Kier molecular flexibility index (Phi) is 6.09. The molecule has 19 heavy (non-hydrogen) atoms. The quantitative estimate of drug-likeness (QED) is 0.631. The largest absolute Gasteiger partial charge is 0.399 e. The summed E-state index contributed by atoms with van der Waals surface area (Å²) in [7, 11) is 1.63. The van der Waals surface area contributed by atoms with Crippen molar-refractivity contribution in [3.8, 4) is 0 Å². The molecule has 4 nitrogen and oxygen atoms in total. The van der Waals surface area contributed by atoms with Gasteiger partial charge in [0.2, 0.25) is 5.91 Å². The third-order valence-corrected chi connectivity index (χ3v) is 2.77. The smallest absolute Gasteiger partial charge is 0.246 e. The van der Waals surface area contributed by atoms with E-state index >= 15 is 0 Å². The first kappa shape index (κ1) is 15.2. The molecule has 0 aliphatic heterocycles. The first-order valence-corrected chi connectivity index (χ1v) is 6.37. The van der Waals surface area contributed by atoms with Gasteiger partial charge in [0.1, 0.15) is 0 Å². The molecule has 0 spiro atoms. The van der Waals surface area contributed by atoms with Gasteiger partial charge in [0.05, 0.1) is 6.61 Å². The number of carbonyl (C=O) groups is 1. The second-order valence-corrected chi connectivity index (χ2v) is 4.62. The number of anilines is 1. The van der Waals surface area contributed by atoms with Crippen molar-refractivity contribution in [2.45, 2.75) is 19.9 Å². The number of nitrogens with two attached hydrogens (primary N) is 1. The molecule has 4 heteroatoms. The lowest BCUT2D eigenvalue weighted by Gasteiger charge is -2.25. The van der Waals surface area contributed by atoms with Gasteiger partial charge in [-0.05, 0) is 37.6 Å². The van der Waals surface area contributed by atoms with Gasteiger partial charge in [-0.25, -0.2) is 0 Å². The maximum absolute atomic E-state index is 12.1. The lowest BCUT2D eigenvalue weighted by atomic mass is 10.2. The van der Waals surface area contributed by atoms with Crippen molar-refractivity contribution in [2.75, 3.05) is 26.0 Å². The van der Waals surface area contributed by atoms with Gasteiger partial charge in [0.15, 0.2) is 0 Å². The fourth-order valence-corrected chi connectivity index (χ4v) is 1.74. The van der Waals surface area contributed by atoms with Gasteiger partial charge in [-0.3, -0.25) is 4.79 Å². The number of methoxy groups -OCH3 is 1. The van der Waals surface area contributed by atoms with Gasteiger partial charge in [-0.15, -0.1) is 0 Å². The Morgan fingerprint density at radius 2 is 2.21 bits per heavy atom. The van der Waals surface area contributed by atoms with Crippen molar-refractivity contribution in [3.63, 3.8) is 0 Å². The minimum Gasteiger partial charge on any atom is -0.399 e. The summed E-state index contributed by atoms with van der Waals surface area (Å²) in [5, 5.41) is 0. The molecule has 1 amide bonds. The van der Waals surface area contributed by atoms with E-state index in [9.17, 15) is 4.79 Å². The van der Waals surface area contributed by atoms with Crippen molar-refractivity contribution in [2.24, 2.45) is 0 Å². The monoisotopic (exact) mass is 262 g/mol. The molecule has 0 bridgehead atoms. The predicted octanol–water partition coefficient (Wildman–Crippen LogP) is 2.17. The lowest BCUT2D eigenvalue weighted by Crippen LogP contribution is -2.38. The highest BCUT2D eigenvalue weighted by molar-refractivity contribution is 5.92. The standard InChI is InChI=1S/C15H22N2O2/c1-12(2)17(9-10-19-3)15(18)8-7-13-5-4-6-14(16)11-13/h4-8,11-12H,9-10,16H2,1-3H3/b8-7+. The van der Waals surface area contributed by atoms with E-state index in [-0.39, 0.29) is 11.9 Å². The SMILES string of the molecule is COCCN(C(=O)/C=C/c1cccc(N)c1)C(C)C. The van der Waals surface area contributed by atoms with E-state index < -0.39 is 0 Å². The van der Waals surface area contributed by atoms with Crippen LogP contribution in [0.1, 0.15) is 19.4 Å². The molecule has 0 atom stereocenters. The summed E-state index contributed by atoms with van der Waals surface area (Å²) in [6.07, 6.45) is 3.35. The van der Waals surface area contributed by atoms with Crippen LogP contribution in [-0.4, -0.2) is 37.1 Å². The van der Waals surface area contributed by atoms with E-state index in [1.165, 1.54) is 0 Å². The molecule has 0 aromatic heterocycles. The Morgan fingerprint density at radius 1 is 1.47 bits per heavy atom. The maximum atomic E-state index is 12.1. The van der Waals surface area contributed by atoms with Crippen LogP contribution in [0.4, 0.5) is 5.69 Å². The van der Waals surface area contributed by atoms with E-state index in [2.05, 4.69) is 0 Å². The fourth-order valence-electron chi connectivity index (χ4n) is 1.74. The highest BCUT2D eigenvalue weighted by atomic mass is 16.5. The van der Waals surface area contributed by atoms with Crippen molar-refractivity contribution < 1.29 is 9.53 Å². The first-order chi connectivity index (χ1) is 9.04. The molecule has 0 unspecified atom stereocenters. The minimum atomic E-state index is -0.0190. The van der Waals surface area contributed by atoms with Crippen LogP contribution < -0.4 is 5.73 Å². The van der Waals surface area contributed by atoms with E-state index in [1.54, 1.807) is 24.2 Å². The van der Waals surface area contributed by atoms with Crippen LogP contribution in [0.3, 0.4) is 0 Å². The van der Waals surface area contributed by atoms with Crippen molar-refractivity contribution in [3.05, 3.63) is 35.9 Å². The third-order valence-electron chi connectivity index (χ3n) is 2.77. The van der Waals surface area contributed by atoms with Crippen molar-refractivity contribution in [1.29, 1.82) is 0 Å². The van der Waals surface area contributed by atoms with Gasteiger partial charge in [-0.1, -0.05) is 12.1 Å². The van der Waals surface area contributed by atoms with Crippen LogP contribution in [0, 0.1) is 0 Å².